The first-order valence-electron chi connectivity index (χ1n) is 13.7. The van der Waals surface area contributed by atoms with Crippen LogP contribution in [0.25, 0.3) is 0 Å². The average Bonchev–Trinajstić information content (AvgIpc) is 2.97. The molecular formula is C33H29BrCl4FNO3S. The van der Waals surface area contributed by atoms with Gasteiger partial charge in [-0.05, 0) is 104 Å². The summed E-state index contributed by atoms with van der Waals surface area (Å²) >= 11 is 29.7. The van der Waals surface area contributed by atoms with Crippen molar-refractivity contribution in [1.82, 2.24) is 5.32 Å². The molecule has 4 rings (SSSR count). The summed E-state index contributed by atoms with van der Waals surface area (Å²) in [5, 5.41) is 16.4. The quantitative estimate of drug-likeness (QED) is 0.126. The molecule has 1 amide bonds. The van der Waals surface area contributed by atoms with Crippen molar-refractivity contribution in [3.05, 3.63) is 126 Å². The van der Waals surface area contributed by atoms with Gasteiger partial charge in [0.15, 0.2) is 6.61 Å². The van der Waals surface area contributed by atoms with Gasteiger partial charge in [-0.25, -0.2) is 4.39 Å². The molecule has 0 aliphatic heterocycles. The third-order valence-corrected chi connectivity index (χ3v) is 9.70. The van der Waals surface area contributed by atoms with E-state index in [1.807, 2.05) is 30.3 Å². The number of ether oxygens (including phenoxy) is 1. The summed E-state index contributed by atoms with van der Waals surface area (Å²) in [6, 6.07) is 23.5. The van der Waals surface area contributed by atoms with Crippen LogP contribution in [0.3, 0.4) is 0 Å². The number of carbonyl (C=O) groups excluding carboxylic acids is 1. The van der Waals surface area contributed by atoms with Crippen molar-refractivity contribution in [2.24, 2.45) is 0 Å². The molecule has 232 valence electrons. The molecule has 11 heteroatoms. The molecule has 4 aromatic carbocycles. The highest BCUT2D eigenvalue weighted by Crippen LogP contribution is 2.32. The van der Waals surface area contributed by atoms with Crippen molar-refractivity contribution in [3.8, 4) is 5.75 Å². The normalized spacial score (nSPS) is 13.2. The summed E-state index contributed by atoms with van der Waals surface area (Å²) in [6.07, 6.45) is 1.10. The van der Waals surface area contributed by atoms with Crippen LogP contribution in [0.5, 0.6) is 5.75 Å². The molecule has 2 N–H and O–H groups in total. The lowest BCUT2D eigenvalue weighted by Gasteiger charge is -2.28. The van der Waals surface area contributed by atoms with E-state index >= 15 is 0 Å². The molecular weight excluding hydrogens is 731 g/mol. The highest BCUT2D eigenvalue weighted by Gasteiger charge is 2.26. The first-order chi connectivity index (χ1) is 21.0. The molecule has 0 heterocycles. The summed E-state index contributed by atoms with van der Waals surface area (Å²) < 4.78 is 20.1. The van der Waals surface area contributed by atoms with Crippen LogP contribution in [0.15, 0.2) is 94.3 Å². The van der Waals surface area contributed by atoms with Crippen LogP contribution >= 0.6 is 74.1 Å². The third kappa shape index (κ3) is 11.1. The Morgan fingerprint density at radius 1 is 0.932 bits per heavy atom. The zero-order valence-corrected chi connectivity index (χ0v) is 28.7. The van der Waals surface area contributed by atoms with E-state index < -0.39 is 18.1 Å². The summed E-state index contributed by atoms with van der Waals surface area (Å²) in [7, 11) is 0. The van der Waals surface area contributed by atoms with Crippen LogP contribution in [0, 0.1) is 5.82 Å². The minimum Gasteiger partial charge on any atom is -0.482 e. The average molecular weight is 760 g/mol. The van der Waals surface area contributed by atoms with Gasteiger partial charge >= 0.3 is 0 Å². The fourth-order valence-electron chi connectivity index (χ4n) is 4.59. The monoisotopic (exact) mass is 757 g/mol. The predicted octanol–water partition coefficient (Wildman–Crippen LogP) is 9.85. The van der Waals surface area contributed by atoms with E-state index in [2.05, 4.69) is 21.2 Å². The van der Waals surface area contributed by atoms with E-state index in [4.69, 9.17) is 51.1 Å². The molecule has 0 aromatic heterocycles. The first-order valence-corrected chi connectivity index (χ1v) is 16.9. The van der Waals surface area contributed by atoms with Crippen LogP contribution in [0.4, 0.5) is 4.39 Å². The molecule has 0 spiro atoms. The molecule has 3 atom stereocenters. The lowest BCUT2D eigenvalue weighted by molar-refractivity contribution is -0.124. The zero-order chi connectivity index (χ0) is 31.6. The summed E-state index contributed by atoms with van der Waals surface area (Å²) in [6.45, 7) is -0.300. The largest absolute Gasteiger partial charge is 0.482 e. The van der Waals surface area contributed by atoms with Gasteiger partial charge in [0.2, 0.25) is 0 Å². The van der Waals surface area contributed by atoms with Gasteiger partial charge in [0.25, 0.3) is 5.91 Å². The maximum Gasteiger partial charge on any atom is 0.258 e. The number of carbonyl (C=O) groups is 1. The molecule has 0 saturated heterocycles. The van der Waals surface area contributed by atoms with Crippen LogP contribution < -0.4 is 10.1 Å². The molecule has 44 heavy (non-hydrogen) atoms. The molecule has 4 nitrogen and oxygen atoms in total. The third-order valence-electron chi connectivity index (χ3n) is 6.78. The molecule has 4 aromatic rings. The summed E-state index contributed by atoms with van der Waals surface area (Å²) in [5.41, 5.74) is 1.87. The van der Waals surface area contributed by atoms with Gasteiger partial charge in [0.05, 0.1) is 17.2 Å². The number of aryl methyl sites for hydroxylation is 1. The lowest BCUT2D eigenvalue weighted by atomic mass is 9.96. The molecule has 0 aliphatic carbocycles. The van der Waals surface area contributed by atoms with E-state index in [0.29, 0.717) is 46.5 Å². The van der Waals surface area contributed by atoms with Crippen LogP contribution in [0.2, 0.25) is 20.1 Å². The number of aliphatic hydroxyl groups excluding tert-OH is 1. The lowest BCUT2D eigenvalue weighted by Crippen LogP contribution is -2.47. The van der Waals surface area contributed by atoms with Gasteiger partial charge in [0, 0.05) is 29.7 Å². The minimum atomic E-state index is -0.921. The topological polar surface area (TPSA) is 58.6 Å². The van der Waals surface area contributed by atoms with Gasteiger partial charge in [0.1, 0.15) is 11.6 Å². The number of aliphatic hydroxyl groups is 1. The Balaban J connectivity index is 1.50. The number of nitrogens with one attached hydrogen (secondary N) is 1. The Morgan fingerprint density at radius 2 is 1.64 bits per heavy atom. The number of thioether (sulfide) groups is 1. The second kappa shape index (κ2) is 17.1. The molecule has 0 radical (unpaired) electrons. The predicted molar refractivity (Wildman–Crippen MR) is 183 cm³/mol. The standard InChI is InChI=1S/C33H29BrCl4FNO3S/c34-22-3-1-2-20(14-22)15-30(40-33(42)19-43-32-13-7-24(36)17-29(32)38)31(41)18-27(44-26-11-8-25(39)9-12-26)10-5-21-4-6-23(35)16-28(21)37/h1-4,6-9,11-14,16-17,27,30-31,41H,5,10,15,18-19H2,(H,40,42)/t27-,30+,31-/m1/s1. The minimum absolute atomic E-state index is 0.0896. The summed E-state index contributed by atoms with van der Waals surface area (Å²) in [5.74, 6) is -0.407. The SMILES string of the molecule is O=C(COc1ccc(Cl)cc1Cl)N[C@@H](Cc1cccc(Br)c1)[C@H](O)C[C@@H](CCc1ccc(Cl)cc1Cl)Sc1ccc(F)cc1. The number of amides is 1. The van der Waals surface area contributed by atoms with E-state index in [0.717, 1.165) is 20.5 Å². The number of hydrogen-bond donors (Lipinski definition) is 2. The van der Waals surface area contributed by atoms with Crippen molar-refractivity contribution in [3.63, 3.8) is 0 Å². The number of halogens is 6. The van der Waals surface area contributed by atoms with E-state index in [9.17, 15) is 14.3 Å². The molecule has 0 saturated carbocycles. The van der Waals surface area contributed by atoms with Gasteiger partial charge in [-0.1, -0.05) is 80.5 Å². The Morgan fingerprint density at radius 3 is 2.32 bits per heavy atom. The Labute approximate surface area is 289 Å². The fourth-order valence-corrected chi connectivity index (χ4v) is 7.21. The molecule has 0 fully saturated rings. The summed E-state index contributed by atoms with van der Waals surface area (Å²) in [4.78, 5) is 13.9. The molecule has 0 aliphatic rings. The Kier molecular flexibility index (Phi) is 13.6. The Hall–Kier alpha value is -1.97. The van der Waals surface area contributed by atoms with Crippen LogP contribution in [0.1, 0.15) is 24.0 Å². The van der Waals surface area contributed by atoms with E-state index in [-0.39, 0.29) is 22.7 Å². The number of hydrogen-bond acceptors (Lipinski definition) is 4. The number of benzene rings is 4. The van der Waals surface area contributed by atoms with Gasteiger partial charge in [-0.15, -0.1) is 11.8 Å². The van der Waals surface area contributed by atoms with Crippen molar-refractivity contribution < 1.29 is 19.0 Å². The van der Waals surface area contributed by atoms with Crippen LogP contribution in [-0.2, 0) is 17.6 Å². The maximum absolute atomic E-state index is 13.6. The second-order valence-corrected chi connectivity index (χ2v) is 14.1. The van der Waals surface area contributed by atoms with E-state index in [1.54, 1.807) is 48.2 Å². The van der Waals surface area contributed by atoms with Gasteiger partial charge in [-0.3, -0.25) is 4.79 Å². The zero-order valence-electron chi connectivity index (χ0n) is 23.3. The molecule has 0 bridgehead atoms. The van der Waals surface area contributed by atoms with Crippen LogP contribution in [-0.4, -0.2) is 35.0 Å². The maximum atomic E-state index is 13.6. The highest BCUT2D eigenvalue weighted by atomic mass is 79.9. The van der Waals surface area contributed by atoms with Gasteiger partial charge < -0.3 is 15.2 Å². The second-order valence-electron chi connectivity index (χ2n) is 10.1. The fraction of sp³-hybridized carbons (Fsp3) is 0.242. The van der Waals surface area contributed by atoms with Crippen molar-refractivity contribution in [1.29, 1.82) is 0 Å². The van der Waals surface area contributed by atoms with Crippen molar-refractivity contribution in [2.75, 3.05) is 6.61 Å². The van der Waals surface area contributed by atoms with Crippen molar-refractivity contribution >= 4 is 80.0 Å². The highest BCUT2D eigenvalue weighted by molar-refractivity contribution is 9.10. The smallest absolute Gasteiger partial charge is 0.258 e. The molecule has 0 unspecified atom stereocenters. The van der Waals surface area contributed by atoms with E-state index in [1.165, 1.54) is 18.2 Å². The number of rotatable bonds is 14. The first kappa shape index (κ1) is 34.9. The van der Waals surface area contributed by atoms with Crippen molar-refractivity contribution in [2.45, 2.75) is 48.0 Å². The Bertz CT molecular complexity index is 1560. The van der Waals surface area contributed by atoms with Gasteiger partial charge in [-0.2, -0.15) is 0 Å².